The standard InChI is InChI=1S/C19H24N2O4S/c1-24-18-11-10-15(13-19(18)25-2)20-16-7-6-12-21(14-16)26(22,23)17-8-4-3-5-9-17/h3-5,8-11,13,16,20H,6-7,12,14H2,1-2H3/t16-/m0/s1. The quantitative estimate of drug-likeness (QED) is 0.839. The Morgan fingerprint density at radius 2 is 1.77 bits per heavy atom. The molecule has 1 aliphatic rings. The fourth-order valence-corrected chi connectivity index (χ4v) is 4.73. The third-order valence-corrected chi connectivity index (χ3v) is 6.40. The number of benzene rings is 2. The molecule has 0 saturated carbocycles. The van der Waals surface area contributed by atoms with E-state index in [1.165, 1.54) is 0 Å². The van der Waals surface area contributed by atoms with Crippen LogP contribution in [0.5, 0.6) is 11.5 Å². The van der Waals surface area contributed by atoms with Gasteiger partial charge < -0.3 is 14.8 Å². The van der Waals surface area contributed by atoms with Gasteiger partial charge in [-0.3, -0.25) is 0 Å². The van der Waals surface area contributed by atoms with Crippen LogP contribution in [0.2, 0.25) is 0 Å². The predicted octanol–water partition coefficient (Wildman–Crippen LogP) is 2.97. The molecule has 1 heterocycles. The molecule has 0 aromatic heterocycles. The number of rotatable bonds is 6. The number of ether oxygens (including phenoxy) is 2. The van der Waals surface area contributed by atoms with E-state index in [4.69, 9.17) is 9.47 Å². The van der Waals surface area contributed by atoms with E-state index in [0.717, 1.165) is 18.5 Å². The summed E-state index contributed by atoms with van der Waals surface area (Å²) in [6.45, 7) is 0.979. The molecule has 0 unspecified atom stereocenters. The average Bonchev–Trinajstić information content (AvgIpc) is 2.68. The Morgan fingerprint density at radius 3 is 2.46 bits per heavy atom. The van der Waals surface area contributed by atoms with Gasteiger partial charge in [-0.15, -0.1) is 0 Å². The number of nitrogens with zero attached hydrogens (tertiary/aromatic N) is 1. The molecule has 7 heteroatoms. The number of methoxy groups -OCH3 is 2. The molecule has 3 rings (SSSR count). The number of piperidine rings is 1. The third-order valence-electron chi connectivity index (χ3n) is 4.52. The van der Waals surface area contributed by atoms with Gasteiger partial charge in [-0.1, -0.05) is 18.2 Å². The molecule has 0 radical (unpaired) electrons. The first-order valence-electron chi connectivity index (χ1n) is 8.58. The average molecular weight is 376 g/mol. The summed E-state index contributed by atoms with van der Waals surface area (Å²) in [5, 5.41) is 3.42. The highest BCUT2D eigenvalue weighted by molar-refractivity contribution is 7.89. The van der Waals surface area contributed by atoms with Crippen LogP contribution in [0.1, 0.15) is 12.8 Å². The second-order valence-corrected chi connectivity index (χ2v) is 8.17. The first-order chi connectivity index (χ1) is 12.5. The summed E-state index contributed by atoms with van der Waals surface area (Å²) < 4.78 is 37.8. The molecule has 140 valence electrons. The molecular formula is C19H24N2O4S. The van der Waals surface area contributed by atoms with Gasteiger partial charge in [0, 0.05) is 30.9 Å². The maximum Gasteiger partial charge on any atom is 0.243 e. The van der Waals surface area contributed by atoms with Crippen LogP contribution in [-0.2, 0) is 10.0 Å². The van der Waals surface area contributed by atoms with Crippen molar-refractivity contribution in [3.05, 3.63) is 48.5 Å². The van der Waals surface area contributed by atoms with Crippen molar-refractivity contribution in [3.8, 4) is 11.5 Å². The van der Waals surface area contributed by atoms with Crippen LogP contribution in [0.15, 0.2) is 53.4 Å². The van der Waals surface area contributed by atoms with Crippen LogP contribution >= 0.6 is 0 Å². The van der Waals surface area contributed by atoms with Crippen molar-refractivity contribution in [2.75, 3.05) is 32.6 Å². The minimum Gasteiger partial charge on any atom is -0.493 e. The van der Waals surface area contributed by atoms with Crippen molar-refractivity contribution < 1.29 is 17.9 Å². The summed E-state index contributed by atoms with van der Waals surface area (Å²) in [6.07, 6.45) is 1.73. The summed E-state index contributed by atoms with van der Waals surface area (Å²) in [5.41, 5.74) is 0.881. The first kappa shape index (κ1) is 18.5. The Morgan fingerprint density at radius 1 is 1.04 bits per heavy atom. The second-order valence-electron chi connectivity index (χ2n) is 6.23. The first-order valence-corrected chi connectivity index (χ1v) is 10.0. The summed E-state index contributed by atoms with van der Waals surface area (Å²) in [6, 6.07) is 14.2. The van der Waals surface area contributed by atoms with Gasteiger partial charge >= 0.3 is 0 Å². The van der Waals surface area contributed by atoms with Crippen molar-refractivity contribution in [1.29, 1.82) is 0 Å². The lowest BCUT2D eigenvalue weighted by atomic mass is 10.1. The molecule has 0 amide bonds. The SMILES string of the molecule is COc1ccc(N[C@H]2CCCN(S(=O)(=O)c3ccccc3)C2)cc1OC. The molecule has 1 N–H and O–H groups in total. The van der Waals surface area contributed by atoms with E-state index in [0.29, 0.717) is 29.5 Å². The second kappa shape index (κ2) is 7.97. The Hall–Kier alpha value is -2.25. The zero-order chi connectivity index (χ0) is 18.6. The van der Waals surface area contributed by atoms with Gasteiger partial charge in [0.05, 0.1) is 19.1 Å². The fourth-order valence-electron chi connectivity index (χ4n) is 3.18. The minimum absolute atomic E-state index is 0.0420. The lowest BCUT2D eigenvalue weighted by molar-refractivity contribution is 0.327. The smallest absolute Gasteiger partial charge is 0.243 e. The van der Waals surface area contributed by atoms with Crippen molar-refractivity contribution in [1.82, 2.24) is 4.31 Å². The van der Waals surface area contributed by atoms with Gasteiger partial charge in [0.25, 0.3) is 0 Å². The van der Waals surface area contributed by atoms with Gasteiger partial charge in [-0.2, -0.15) is 4.31 Å². The van der Waals surface area contributed by atoms with Crippen LogP contribution in [0.3, 0.4) is 0 Å². The molecule has 1 saturated heterocycles. The normalized spacial score (nSPS) is 18.3. The third kappa shape index (κ3) is 3.94. The van der Waals surface area contributed by atoms with Crippen molar-refractivity contribution in [3.63, 3.8) is 0 Å². The zero-order valence-corrected chi connectivity index (χ0v) is 15.8. The number of hydrogen-bond donors (Lipinski definition) is 1. The molecule has 6 nitrogen and oxygen atoms in total. The van der Waals surface area contributed by atoms with Gasteiger partial charge in [0.1, 0.15) is 0 Å². The van der Waals surface area contributed by atoms with Crippen LogP contribution in [0.25, 0.3) is 0 Å². The Bertz CT molecular complexity index is 840. The Labute approximate surface area is 154 Å². The molecule has 0 aliphatic carbocycles. The van der Waals surface area contributed by atoms with Gasteiger partial charge in [0.15, 0.2) is 11.5 Å². The number of anilines is 1. The highest BCUT2D eigenvalue weighted by Crippen LogP contribution is 2.31. The van der Waals surface area contributed by atoms with E-state index in [9.17, 15) is 8.42 Å². The molecule has 0 bridgehead atoms. The maximum atomic E-state index is 12.8. The van der Waals surface area contributed by atoms with Gasteiger partial charge in [0.2, 0.25) is 10.0 Å². The highest BCUT2D eigenvalue weighted by Gasteiger charge is 2.30. The van der Waals surface area contributed by atoms with Crippen LogP contribution in [0, 0.1) is 0 Å². The molecule has 1 fully saturated rings. The summed E-state index contributed by atoms with van der Waals surface area (Å²) >= 11 is 0. The summed E-state index contributed by atoms with van der Waals surface area (Å²) in [4.78, 5) is 0.340. The number of sulfonamides is 1. The minimum atomic E-state index is -3.46. The predicted molar refractivity (Wildman–Crippen MR) is 101 cm³/mol. The molecule has 26 heavy (non-hydrogen) atoms. The molecule has 2 aromatic rings. The summed E-state index contributed by atoms with van der Waals surface area (Å²) in [7, 11) is -0.273. The molecular weight excluding hydrogens is 352 g/mol. The molecule has 2 aromatic carbocycles. The fraction of sp³-hybridized carbons (Fsp3) is 0.368. The largest absolute Gasteiger partial charge is 0.493 e. The van der Waals surface area contributed by atoms with Crippen LogP contribution < -0.4 is 14.8 Å². The molecule has 1 atom stereocenters. The van der Waals surface area contributed by atoms with Crippen LogP contribution in [0.4, 0.5) is 5.69 Å². The van der Waals surface area contributed by atoms with E-state index in [2.05, 4.69) is 5.32 Å². The van der Waals surface area contributed by atoms with E-state index < -0.39 is 10.0 Å². The molecule has 0 spiro atoms. The zero-order valence-electron chi connectivity index (χ0n) is 15.0. The maximum absolute atomic E-state index is 12.8. The van der Waals surface area contributed by atoms with Crippen LogP contribution in [-0.4, -0.2) is 46.1 Å². The Kier molecular flexibility index (Phi) is 5.68. The van der Waals surface area contributed by atoms with E-state index in [1.54, 1.807) is 42.8 Å². The highest BCUT2D eigenvalue weighted by atomic mass is 32.2. The lowest BCUT2D eigenvalue weighted by Gasteiger charge is -2.33. The van der Waals surface area contributed by atoms with E-state index in [-0.39, 0.29) is 6.04 Å². The molecule has 1 aliphatic heterocycles. The van der Waals surface area contributed by atoms with Crippen molar-refractivity contribution in [2.24, 2.45) is 0 Å². The summed E-state index contributed by atoms with van der Waals surface area (Å²) in [5.74, 6) is 1.30. The van der Waals surface area contributed by atoms with E-state index >= 15 is 0 Å². The monoisotopic (exact) mass is 376 g/mol. The lowest BCUT2D eigenvalue weighted by Crippen LogP contribution is -2.45. The van der Waals surface area contributed by atoms with Gasteiger partial charge in [-0.25, -0.2) is 8.42 Å². The van der Waals surface area contributed by atoms with Crippen molar-refractivity contribution in [2.45, 2.75) is 23.8 Å². The topological polar surface area (TPSA) is 67.9 Å². The van der Waals surface area contributed by atoms with Gasteiger partial charge in [-0.05, 0) is 37.1 Å². The number of nitrogens with one attached hydrogen (secondary N) is 1. The Balaban J connectivity index is 1.73. The number of hydrogen-bond acceptors (Lipinski definition) is 5. The van der Waals surface area contributed by atoms with E-state index in [1.807, 2.05) is 24.3 Å². The van der Waals surface area contributed by atoms with Crippen molar-refractivity contribution >= 4 is 15.7 Å².